The minimum atomic E-state index is 0. The van der Waals surface area contributed by atoms with Crippen LogP contribution in [0.5, 0.6) is 5.75 Å². The number of aromatic nitrogens is 1. The van der Waals surface area contributed by atoms with Crippen LogP contribution in [0, 0.1) is 0 Å². The van der Waals surface area contributed by atoms with Crippen LogP contribution >= 0.6 is 51.2 Å². The predicted octanol–water partition coefficient (Wildman–Crippen LogP) is 3.87. The summed E-state index contributed by atoms with van der Waals surface area (Å²) >= 11 is 5.21. The molecule has 1 aromatic carbocycles. The molecule has 0 saturated heterocycles. The molecule has 0 atom stereocenters. The van der Waals surface area contributed by atoms with Crippen LogP contribution < -0.4 is 15.4 Å². The first-order chi connectivity index (χ1) is 11.7. The largest absolute Gasteiger partial charge is 0.492 e. The van der Waals surface area contributed by atoms with E-state index < -0.39 is 0 Å². The molecule has 5 nitrogen and oxygen atoms in total. The summed E-state index contributed by atoms with van der Waals surface area (Å²) < 4.78 is 6.70. The summed E-state index contributed by atoms with van der Waals surface area (Å²) in [5, 5.41) is 7.70. The summed E-state index contributed by atoms with van der Waals surface area (Å²) in [6.45, 7) is 4.22. The number of rotatable bonds is 8. The molecule has 2 aromatic rings. The van der Waals surface area contributed by atoms with Gasteiger partial charge in [0.25, 0.3) is 0 Å². The first-order valence-electron chi connectivity index (χ1n) is 7.97. The zero-order chi connectivity index (χ0) is 17.2. The van der Waals surface area contributed by atoms with Gasteiger partial charge in [0.15, 0.2) is 5.96 Å². The van der Waals surface area contributed by atoms with Gasteiger partial charge in [-0.2, -0.15) is 0 Å². The van der Waals surface area contributed by atoms with Crippen molar-refractivity contribution in [3.8, 4) is 5.75 Å². The molecule has 0 fully saturated rings. The minimum Gasteiger partial charge on any atom is -0.492 e. The van der Waals surface area contributed by atoms with E-state index in [-0.39, 0.29) is 24.0 Å². The topological polar surface area (TPSA) is 58.5 Å². The number of aliphatic imine (C=N–C) groups is 1. The van der Waals surface area contributed by atoms with Gasteiger partial charge in [-0.15, -0.1) is 35.3 Å². The number of thiazole rings is 1. The van der Waals surface area contributed by atoms with Crippen LogP contribution in [-0.2, 0) is 12.8 Å². The number of guanidine groups is 1. The highest BCUT2D eigenvalue weighted by atomic mass is 127. The highest BCUT2D eigenvalue weighted by Crippen LogP contribution is 2.17. The number of hydrogen-bond acceptors (Lipinski definition) is 4. The third-order valence-electron chi connectivity index (χ3n) is 3.26. The molecular weight excluding hydrogens is 515 g/mol. The molecule has 8 heteroatoms. The Morgan fingerprint density at radius 3 is 2.80 bits per heavy atom. The first kappa shape index (κ1) is 22.2. The molecule has 0 unspecified atom stereocenters. The van der Waals surface area contributed by atoms with Gasteiger partial charge < -0.3 is 15.4 Å². The smallest absolute Gasteiger partial charge is 0.191 e. The van der Waals surface area contributed by atoms with Gasteiger partial charge in [-0.05, 0) is 24.6 Å². The zero-order valence-corrected chi connectivity index (χ0v) is 19.2. The molecule has 0 aliphatic heterocycles. The summed E-state index contributed by atoms with van der Waals surface area (Å²) in [7, 11) is 1.77. The van der Waals surface area contributed by atoms with E-state index in [0.29, 0.717) is 13.2 Å². The normalized spacial score (nSPS) is 10.9. The molecule has 0 aliphatic carbocycles. The van der Waals surface area contributed by atoms with Crippen molar-refractivity contribution >= 4 is 57.2 Å². The van der Waals surface area contributed by atoms with Gasteiger partial charge in [0.05, 0.1) is 11.6 Å². The Morgan fingerprint density at radius 2 is 2.12 bits per heavy atom. The average molecular weight is 539 g/mol. The maximum Gasteiger partial charge on any atom is 0.191 e. The van der Waals surface area contributed by atoms with Crippen molar-refractivity contribution in [2.24, 2.45) is 4.99 Å². The molecule has 0 spiro atoms. The van der Waals surface area contributed by atoms with Crippen LogP contribution in [-0.4, -0.2) is 37.7 Å². The third-order valence-corrected chi connectivity index (χ3v) is 4.96. The summed E-state index contributed by atoms with van der Waals surface area (Å²) in [6.07, 6.45) is 3.92. The van der Waals surface area contributed by atoms with Crippen molar-refractivity contribution in [3.63, 3.8) is 0 Å². The fourth-order valence-electron chi connectivity index (χ4n) is 2.03. The number of nitrogens with one attached hydrogen (secondary N) is 2. The van der Waals surface area contributed by atoms with E-state index in [1.165, 1.54) is 4.88 Å². The van der Waals surface area contributed by atoms with Gasteiger partial charge in [-0.1, -0.05) is 28.9 Å². The Morgan fingerprint density at radius 1 is 1.32 bits per heavy atom. The lowest BCUT2D eigenvalue weighted by Gasteiger charge is -2.12. The molecular formula is C17H24BrIN4OS. The van der Waals surface area contributed by atoms with E-state index in [2.05, 4.69) is 43.5 Å². The maximum atomic E-state index is 5.69. The highest BCUT2D eigenvalue weighted by Gasteiger charge is 2.02. The number of hydrogen-bond donors (Lipinski definition) is 2. The van der Waals surface area contributed by atoms with Crippen molar-refractivity contribution < 1.29 is 4.74 Å². The zero-order valence-electron chi connectivity index (χ0n) is 14.4. The Kier molecular flexibility index (Phi) is 11.1. The van der Waals surface area contributed by atoms with Gasteiger partial charge >= 0.3 is 0 Å². The van der Waals surface area contributed by atoms with Crippen LogP contribution in [0.1, 0.15) is 16.8 Å². The van der Waals surface area contributed by atoms with Crippen molar-refractivity contribution in [2.45, 2.75) is 19.8 Å². The molecule has 0 radical (unpaired) electrons. The van der Waals surface area contributed by atoms with Crippen LogP contribution in [0.2, 0.25) is 0 Å². The summed E-state index contributed by atoms with van der Waals surface area (Å²) in [5.74, 6) is 1.63. The average Bonchev–Trinajstić information content (AvgIpc) is 3.05. The lowest BCUT2D eigenvalue weighted by molar-refractivity contribution is 0.321. The van der Waals surface area contributed by atoms with Gasteiger partial charge in [-0.25, -0.2) is 4.98 Å². The number of aryl methyl sites for hydroxylation is 1. The van der Waals surface area contributed by atoms with Crippen molar-refractivity contribution in [1.82, 2.24) is 15.6 Å². The standard InChI is InChI=1S/C17H23BrN4OS.HI/c1-3-15-12-22-16(24-15)7-8-20-17(19-2)21-9-10-23-14-6-4-5-13(18)11-14;/h4-6,11-12H,3,7-10H2,1-2H3,(H2,19,20,21);1H. The monoisotopic (exact) mass is 538 g/mol. The van der Waals surface area contributed by atoms with E-state index in [9.17, 15) is 0 Å². The molecule has 2 rings (SSSR count). The molecule has 138 valence electrons. The molecule has 2 N–H and O–H groups in total. The Balaban J connectivity index is 0.00000312. The molecule has 1 aromatic heterocycles. The number of nitrogens with zero attached hydrogens (tertiary/aromatic N) is 2. The molecule has 0 bridgehead atoms. The summed E-state index contributed by atoms with van der Waals surface area (Å²) in [4.78, 5) is 9.96. The van der Waals surface area contributed by atoms with Gasteiger partial charge in [0.1, 0.15) is 12.4 Å². The van der Waals surface area contributed by atoms with Crippen LogP contribution in [0.15, 0.2) is 39.9 Å². The van der Waals surface area contributed by atoms with Crippen LogP contribution in [0.25, 0.3) is 0 Å². The molecule has 25 heavy (non-hydrogen) atoms. The summed E-state index contributed by atoms with van der Waals surface area (Å²) in [6, 6.07) is 7.82. The van der Waals surface area contributed by atoms with Crippen molar-refractivity contribution in [2.75, 3.05) is 26.7 Å². The lowest BCUT2D eigenvalue weighted by Crippen LogP contribution is -2.40. The second-order valence-electron chi connectivity index (χ2n) is 5.06. The Hall–Kier alpha value is -0.870. The second-order valence-corrected chi connectivity index (χ2v) is 7.17. The number of ether oxygens (including phenoxy) is 1. The minimum absolute atomic E-state index is 0. The van der Waals surface area contributed by atoms with Gasteiger partial charge in [-0.3, -0.25) is 4.99 Å². The summed E-state index contributed by atoms with van der Waals surface area (Å²) in [5.41, 5.74) is 0. The van der Waals surface area contributed by atoms with E-state index in [4.69, 9.17) is 4.74 Å². The molecule has 0 saturated carbocycles. The van der Waals surface area contributed by atoms with Crippen molar-refractivity contribution in [3.05, 3.63) is 44.8 Å². The predicted molar refractivity (Wildman–Crippen MR) is 120 cm³/mol. The lowest BCUT2D eigenvalue weighted by atomic mass is 10.3. The number of halogens is 2. The SMILES string of the molecule is CCc1cnc(CCNC(=NC)NCCOc2cccc(Br)c2)s1.I. The quantitative estimate of drug-likeness (QED) is 0.232. The Bertz CT molecular complexity index is 666. The number of benzene rings is 1. The van der Waals surface area contributed by atoms with Crippen LogP contribution in [0.3, 0.4) is 0 Å². The van der Waals surface area contributed by atoms with E-state index in [0.717, 1.165) is 40.6 Å². The maximum absolute atomic E-state index is 5.69. The van der Waals surface area contributed by atoms with Gasteiger partial charge in [0, 0.05) is 35.6 Å². The molecule has 0 aliphatic rings. The van der Waals surface area contributed by atoms with E-state index >= 15 is 0 Å². The van der Waals surface area contributed by atoms with Crippen molar-refractivity contribution in [1.29, 1.82) is 0 Å². The van der Waals surface area contributed by atoms with E-state index in [1.54, 1.807) is 18.4 Å². The second kappa shape index (κ2) is 12.5. The first-order valence-corrected chi connectivity index (χ1v) is 9.58. The molecule has 0 amide bonds. The van der Waals surface area contributed by atoms with Gasteiger partial charge in [0.2, 0.25) is 0 Å². The Labute approximate surface area is 178 Å². The highest BCUT2D eigenvalue weighted by molar-refractivity contribution is 14.0. The van der Waals surface area contributed by atoms with Crippen LogP contribution in [0.4, 0.5) is 0 Å². The fraction of sp³-hybridized carbons (Fsp3) is 0.412. The molecule has 1 heterocycles. The van der Waals surface area contributed by atoms with E-state index in [1.807, 2.05) is 30.5 Å². The fourth-order valence-corrected chi connectivity index (χ4v) is 3.27. The third kappa shape index (κ3) is 8.37.